The third-order valence-electron chi connectivity index (χ3n) is 4.70. The number of carbonyl (C=O) groups is 1. The lowest BCUT2D eigenvalue weighted by atomic mass is 10.1. The number of morpholine rings is 1. The van der Waals surface area contributed by atoms with Crippen LogP contribution in [-0.2, 0) is 26.0 Å². The molecule has 0 radical (unpaired) electrons. The SMILES string of the molecule is Cc1ccc(S(=O)(=O)N(C)c2ccc(CC(=O)N3CCOCC3)cc2)cc1. The van der Waals surface area contributed by atoms with Crippen LogP contribution in [0.3, 0.4) is 0 Å². The summed E-state index contributed by atoms with van der Waals surface area (Å²) in [6, 6.07) is 13.8. The molecule has 0 saturated carbocycles. The van der Waals surface area contributed by atoms with Gasteiger partial charge in [-0.15, -0.1) is 0 Å². The summed E-state index contributed by atoms with van der Waals surface area (Å²) < 4.78 is 32.0. The van der Waals surface area contributed by atoms with Gasteiger partial charge in [0.25, 0.3) is 10.0 Å². The minimum absolute atomic E-state index is 0.0617. The van der Waals surface area contributed by atoms with Gasteiger partial charge in [-0.1, -0.05) is 29.8 Å². The summed E-state index contributed by atoms with van der Waals surface area (Å²) >= 11 is 0. The molecular formula is C20H24N2O4S. The van der Waals surface area contributed by atoms with Crippen molar-refractivity contribution in [3.8, 4) is 0 Å². The molecule has 0 spiro atoms. The summed E-state index contributed by atoms with van der Waals surface area (Å²) in [5.74, 6) is 0.0617. The van der Waals surface area contributed by atoms with Crippen molar-refractivity contribution in [3.63, 3.8) is 0 Å². The molecule has 0 N–H and O–H groups in total. The second-order valence-electron chi connectivity index (χ2n) is 6.62. The first-order valence-electron chi connectivity index (χ1n) is 8.88. The molecule has 1 saturated heterocycles. The van der Waals surface area contributed by atoms with E-state index < -0.39 is 10.0 Å². The largest absolute Gasteiger partial charge is 0.378 e. The van der Waals surface area contributed by atoms with Crippen LogP contribution >= 0.6 is 0 Å². The van der Waals surface area contributed by atoms with Crippen molar-refractivity contribution < 1.29 is 17.9 Å². The van der Waals surface area contributed by atoms with Gasteiger partial charge >= 0.3 is 0 Å². The van der Waals surface area contributed by atoms with Crippen LogP contribution in [0.15, 0.2) is 53.4 Å². The van der Waals surface area contributed by atoms with Gasteiger partial charge in [-0.2, -0.15) is 0 Å². The molecule has 0 aromatic heterocycles. The fraction of sp³-hybridized carbons (Fsp3) is 0.350. The summed E-state index contributed by atoms with van der Waals surface area (Å²) in [5.41, 5.74) is 2.42. The minimum Gasteiger partial charge on any atom is -0.378 e. The Labute approximate surface area is 160 Å². The van der Waals surface area contributed by atoms with Crippen LogP contribution in [0.4, 0.5) is 5.69 Å². The molecule has 7 heteroatoms. The Kier molecular flexibility index (Phi) is 5.82. The van der Waals surface area contributed by atoms with Gasteiger partial charge in [-0.3, -0.25) is 9.10 Å². The highest BCUT2D eigenvalue weighted by atomic mass is 32.2. The minimum atomic E-state index is -3.62. The molecule has 1 fully saturated rings. The topological polar surface area (TPSA) is 66.9 Å². The molecule has 1 aliphatic heterocycles. The standard InChI is InChI=1S/C20H24N2O4S/c1-16-3-9-19(10-4-16)27(24,25)21(2)18-7-5-17(6-8-18)15-20(23)22-11-13-26-14-12-22/h3-10H,11-15H2,1-2H3. The maximum absolute atomic E-state index is 12.8. The van der Waals surface area contributed by atoms with E-state index in [1.54, 1.807) is 53.4 Å². The first-order valence-corrected chi connectivity index (χ1v) is 10.3. The summed E-state index contributed by atoms with van der Waals surface area (Å²) in [4.78, 5) is 14.4. The molecule has 6 nitrogen and oxygen atoms in total. The van der Waals surface area contributed by atoms with E-state index >= 15 is 0 Å². The average Bonchev–Trinajstić information content (AvgIpc) is 2.69. The van der Waals surface area contributed by atoms with Gasteiger partial charge in [-0.25, -0.2) is 8.42 Å². The number of amides is 1. The Hall–Kier alpha value is -2.38. The Morgan fingerprint density at radius 1 is 1.04 bits per heavy atom. The van der Waals surface area contributed by atoms with Gasteiger partial charge in [-0.05, 0) is 36.8 Å². The van der Waals surface area contributed by atoms with Crippen molar-refractivity contribution in [1.29, 1.82) is 0 Å². The van der Waals surface area contributed by atoms with Gasteiger partial charge in [0, 0.05) is 20.1 Å². The monoisotopic (exact) mass is 388 g/mol. The van der Waals surface area contributed by atoms with Crippen LogP contribution in [0.2, 0.25) is 0 Å². The predicted molar refractivity (Wildman–Crippen MR) is 104 cm³/mol. The molecule has 1 heterocycles. The van der Waals surface area contributed by atoms with Crippen molar-refractivity contribution in [3.05, 3.63) is 59.7 Å². The Morgan fingerprint density at radius 3 is 2.22 bits per heavy atom. The highest BCUT2D eigenvalue weighted by Gasteiger charge is 2.21. The van der Waals surface area contributed by atoms with Gasteiger partial charge < -0.3 is 9.64 Å². The molecule has 27 heavy (non-hydrogen) atoms. The number of hydrogen-bond donors (Lipinski definition) is 0. The first kappa shape index (κ1) is 19.4. The average molecular weight is 388 g/mol. The zero-order valence-corrected chi connectivity index (χ0v) is 16.4. The summed E-state index contributed by atoms with van der Waals surface area (Å²) in [7, 11) is -2.09. The number of ether oxygens (including phenoxy) is 1. The normalized spacial score (nSPS) is 14.8. The molecule has 0 unspecified atom stereocenters. The van der Waals surface area contributed by atoms with Gasteiger partial charge in [0.1, 0.15) is 0 Å². The van der Waals surface area contributed by atoms with E-state index in [2.05, 4.69) is 0 Å². The molecule has 1 amide bonds. The van der Waals surface area contributed by atoms with Crippen LogP contribution in [0, 0.1) is 6.92 Å². The number of benzene rings is 2. The molecule has 0 atom stereocenters. The summed E-state index contributed by atoms with van der Waals surface area (Å²) in [6.07, 6.45) is 0.300. The highest BCUT2D eigenvalue weighted by molar-refractivity contribution is 7.92. The fourth-order valence-corrected chi connectivity index (χ4v) is 4.13. The number of rotatable bonds is 5. The van der Waals surface area contributed by atoms with E-state index in [0.717, 1.165) is 11.1 Å². The quantitative estimate of drug-likeness (QED) is 0.788. The highest BCUT2D eigenvalue weighted by Crippen LogP contribution is 2.23. The molecule has 2 aromatic rings. The van der Waals surface area contributed by atoms with E-state index in [1.807, 2.05) is 6.92 Å². The number of anilines is 1. The molecule has 2 aromatic carbocycles. The van der Waals surface area contributed by atoms with Gasteiger partial charge in [0.05, 0.1) is 30.2 Å². The molecule has 0 bridgehead atoms. The summed E-state index contributed by atoms with van der Waals surface area (Å²) in [6.45, 7) is 4.30. The van der Waals surface area contributed by atoms with Crippen molar-refractivity contribution in [2.45, 2.75) is 18.2 Å². The predicted octanol–water partition coefficient (Wildman–Crippen LogP) is 2.22. The number of nitrogens with zero attached hydrogens (tertiary/aromatic N) is 2. The van der Waals surface area contributed by atoms with Crippen molar-refractivity contribution in [2.24, 2.45) is 0 Å². The lowest BCUT2D eigenvalue weighted by Gasteiger charge is -2.27. The lowest BCUT2D eigenvalue weighted by Crippen LogP contribution is -2.41. The smallest absolute Gasteiger partial charge is 0.264 e. The Morgan fingerprint density at radius 2 is 1.63 bits per heavy atom. The van der Waals surface area contributed by atoms with Crippen LogP contribution in [-0.4, -0.2) is 52.6 Å². The van der Waals surface area contributed by atoms with E-state index in [4.69, 9.17) is 4.74 Å². The number of carbonyl (C=O) groups excluding carboxylic acids is 1. The second-order valence-corrected chi connectivity index (χ2v) is 8.59. The number of hydrogen-bond acceptors (Lipinski definition) is 4. The fourth-order valence-electron chi connectivity index (χ4n) is 2.93. The zero-order chi connectivity index (χ0) is 19.4. The van der Waals surface area contributed by atoms with Crippen molar-refractivity contribution in [1.82, 2.24) is 4.90 Å². The maximum Gasteiger partial charge on any atom is 0.264 e. The van der Waals surface area contributed by atoms with Gasteiger partial charge in [0.2, 0.25) is 5.91 Å². The van der Waals surface area contributed by atoms with Gasteiger partial charge in [0.15, 0.2) is 0 Å². The van der Waals surface area contributed by atoms with Crippen LogP contribution in [0.1, 0.15) is 11.1 Å². The van der Waals surface area contributed by atoms with Crippen molar-refractivity contribution in [2.75, 3.05) is 37.7 Å². The Balaban J connectivity index is 1.70. The van der Waals surface area contributed by atoms with Crippen molar-refractivity contribution >= 4 is 21.6 Å². The first-order chi connectivity index (χ1) is 12.9. The van der Waals surface area contributed by atoms with Crippen LogP contribution in [0.25, 0.3) is 0 Å². The molecule has 3 rings (SSSR count). The Bertz CT molecular complexity index is 887. The third kappa shape index (κ3) is 4.48. The molecule has 0 aliphatic carbocycles. The van der Waals surface area contributed by atoms with Crippen LogP contribution in [0.5, 0.6) is 0 Å². The van der Waals surface area contributed by atoms with Crippen LogP contribution < -0.4 is 4.31 Å². The van der Waals surface area contributed by atoms with E-state index in [9.17, 15) is 13.2 Å². The third-order valence-corrected chi connectivity index (χ3v) is 6.50. The van der Waals surface area contributed by atoms with E-state index in [0.29, 0.717) is 38.4 Å². The molecule has 144 valence electrons. The van der Waals surface area contributed by atoms with E-state index in [-0.39, 0.29) is 10.8 Å². The molecule has 1 aliphatic rings. The number of sulfonamides is 1. The number of aryl methyl sites for hydroxylation is 1. The zero-order valence-electron chi connectivity index (χ0n) is 15.6. The maximum atomic E-state index is 12.8. The van der Waals surface area contributed by atoms with E-state index in [1.165, 1.54) is 11.4 Å². The molecular weight excluding hydrogens is 364 g/mol. The lowest BCUT2D eigenvalue weighted by molar-refractivity contribution is -0.134. The second kappa shape index (κ2) is 8.10. The summed E-state index contributed by atoms with van der Waals surface area (Å²) in [5, 5.41) is 0.